The Labute approximate surface area is 233 Å². The molecule has 1 saturated heterocycles. The Kier molecular flexibility index (Phi) is 7.53. The van der Waals surface area contributed by atoms with E-state index in [4.69, 9.17) is 4.52 Å². The third-order valence-electron chi connectivity index (χ3n) is 6.99. The lowest BCUT2D eigenvalue weighted by Crippen LogP contribution is -2.47. The maximum absolute atomic E-state index is 14.7. The van der Waals surface area contributed by atoms with E-state index in [9.17, 15) is 22.4 Å². The SMILES string of the molecule is CN1CC[C@@H](F)[C@@H](Nc2cccc3c2cc(-c2noc(CNC(=O)c4cnn(C(C)(C)C)c4)n2)n3CC(F)(F)F)C1. The second kappa shape index (κ2) is 10.8. The van der Waals surface area contributed by atoms with Crippen LogP contribution in [0, 0.1) is 0 Å². The summed E-state index contributed by atoms with van der Waals surface area (Å²) in [6.07, 6.45) is -2.19. The molecule has 41 heavy (non-hydrogen) atoms. The Bertz CT molecular complexity index is 1530. The minimum absolute atomic E-state index is 0.0178. The number of alkyl halides is 4. The molecule has 0 unspecified atom stereocenters. The molecular weight excluding hydrogens is 544 g/mol. The van der Waals surface area contributed by atoms with Crippen LogP contribution in [0.2, 0.25) is 0 Å². The standard InChI is InChI=1S/C27H32F4N8O2/c1-26(2,3)39-13-16(11-33-39)25(40)32-12-23-35-24(36-41-23)22-10-17-19(34-20-14-37(4)9-8-18(20)28)6-5-7-21(17)38(22)15-27(29,30)31/h5-7,10-11,13,18,20,34H,8-9,12,14-15H2,1-4H3,(H,32,40)/t18-,20+/m1/s1. The Balaban J connectivity index is 1.40. The molecule has 14 heteroatoms. The quantitative estimate of drug-likeness (QED) is 0.310. The Morgan fingerprint density at radius 1 is 1.22 bits per heavy atom. The third-order valence-corrected chi connectivity index (χ3v) is 6.99. The summed E-state index contributed by atoms with van der Waals surface area (Å²) in [7, 11) is 1.90. The Hall–Kier alpha value is -3.94. The summed E-state index contributed by atoms with van der Waals surface area (Å²) in [6.45, 7) is 5.53. The summed E-state index contributed by atoms with van der Waals surface area (Å²) in [5, 5.41) is 14.4. The van der Waals surface area contributed by atoms with E-state index in [2.05, 4.69) is 25.9 Å². The first-order valence-electron chi connectivity index (χ1n) is 13.2. The average Bonchev–Trinajstić information content (AvgIpc) is 3.63. The number of hydrogen-bond donors (Lipinski definition) is 2. The van der Waals surface area contributed by atoms with Gasteiger partial charge in [-0.05, 0) is 52.4 Å². The smallest absolute Gasteiger partial charge is 0.378 e. The fourth-order valence-electron chi connectivity index (χ4n) is 4.86. The van der Waals surface area contributed by atoms with Gasteiger partial charge in [0.1, 0.15) is 12.7 Å². The molecule has 0 radical (unpaired) electrons. The zero-order chi connectivity index (χ0) is 29.5. The maximum atomic E-state index is 14.7. The van der Waals surface area contributed by atoms with Crippen molar-refractivity contribution in [2.24, 2.45) is 0 Å². The minimum Gasteiger partial charge on any atom is -0.378 e. The van der Waals surface area contributed by atoms with Crippen molar-refractivity contribution >= 4 is 22.5 Å². The van der Waals surface area contributed by atoms with Crippen molar-refractivity contribution in [3.8, 4) is 11.5 Å². The molecule has 2 atom stereocenters. The predicted molar refractivity (Wildman–Crippen MR) is 144 cm³/mol. The van der Waals surface area contributed by atoms with Crippen LogP contribution in [0.15, 0.2) is 41.2 Å². The molecule has 5 rings (SSSR count). The lowest BCUT2D eigenvalue weighted by Gasteiger charge is -2.33. The monoisotopic (exact) mass is 576 g/mol. The molecule has 1 aliphatic rings. The number of amides is 1. The molecule has 4 heterocycles. The number of likely N-dealkylation sites (tertiary alicyclic amines) is 1. The summed E-state index contributed by atoms with van der Waals surface area (Å²) >= 11 is 0. The molecule has 1 amide bonds. The highest BCUT2D eigenvalue weighted by Gasteiger charge is 2.32. The average molecular weight is 577 g/mol. The number of anilines is 1. The van der Waals surface area contributed by atoms with Crippen LogP contribution in [0.5, 0.6) is 0 Å². The van der Waals surface area contributed by atoms with Crippen LogP contribution in [0.25, 0.3) is 22.4 Å². The number of aromatic nitrogens is 5. The second-order valence-corrected chi connectivity index (χ2v) is 11.3. The molecule has 1 aliphatic heterocycles. The number of benzene rings is 1. The van der Waals surface area contributed by atoms with E-state index in [1.54, 1.807) is 29.1 Å². The first-order chi connectivity index (χ1) is 19.3. The first-order valence-corrected chi connectivity index (χ1v) is 13.2. The predicted octanol–water partition coefficient (Wildman–Crippen LogP) is 4.59. The highest BCUT2D eigenvalue weighted by molar-refractivity contribution is 5.96. The van der Waals surface area contributed by atoms with Crippen LogP contribution in [-0.4, -0.2) is 73.8 Å². The largest absolute Gasteiger partial charge is 0.406 e. The van der Waals surface area contributed by atoms with Crippen LogP contribution in [-0.2, 0) is 18.6 Å². The summed E-state index contributed by atoms with van der Waals surface area (Å²) in [6, 6.07) is 5.93. The number of nitrogens with zero attached hydrogens (tertiary/aromatic N) is 6. The summed E-state index contributed by atoms with van der Waals surface area (Å²) in [5.41, 5.74) is 0.920. The molecule has 4 aromatic rings. The number of carbonyl (C=O) groups is 1. The van der Waals surface area contributed by atoms with Crippen molar-refractivity contribution in [2.75, 3.05) is 25.5 Å². The van der Waals surface area contributed by atoms with Gasteiger partial charge < -0.3 is 24.6 Å². The van der Waals surface area contributed by atoms with Gasteiger partial charge in [-0.3, -0.25) is 9.48 Å². The van der Waals surface area contributed by atoms with E-state index in [1.165, 1.54) is 12.3 Å². The van der Waals surface area contributed by atoms with Gasteiger partial charge in [-0.1, -0.05) is 11.2 Å². The number of rotatable bonds is 7. The van der Waals surface area contributed by atoms with Crippen molar-refractivity contribution in [2.45, 2.75) is 64.2 Å². The molecule has 0 bridgehead atoms. The van der Waals surface area contributed by atoms with Crippen molar-refractivity contribution in [3.63, 3.8) is 0 Å². The lowest BCUT2D eigenvalue weighted by molar-refractivity contribution is -0.139. The van der Waals surface area contributed by atoms with E-state index in [-0.39, 0.29) is 35.0 Å². The highest BCUT2D eigenvalue weighted by Crippen LogP contribution is 2.35. The molecule has 1 aromatic carbocycles. The number of hydrogen-bond acceptors (Lipinski definition) is 7. The van der Waals surface area contributed by atoms with Gasteiger partial charge in [0.05, 0.1) is 41.1 Å². The molecule has 3 aromatic heterocycles. The van der Waals surface area contributed by atoms with E-state index >= 15 is 0 Å². The number of likely N-dealkylation sites (N-methyl/N-ethyl adjacent to an activating group) is 1. The zero-order valence-electron chi connectivity index (χ0n) is 23.2. The van der Waals surface area contributed by atoms with Gasteiger partial charge in [0.15, 0.2) is 0 Å². The van der Waals surface area contributed by atoms with E-state index in [0.717, 1.165) is 4.57 Å². The summed E-state index contributed by atoms with van der Waals surface area (Å²) in [4.78, 5) is 18.8. The fraction of sp³-hybridized carbons (Fsp3) is 0.481. The number of piperidine rings is 1. The molecule has 0 aliphatic carbocycles. The van der Waals surface area contributed by atoms with Crippen molar-refractivity contribution in [3.05, 3.63) is 48.1 Å². The molecule has 1 fully saturated rings. The third kappa shape index (κ3) is 6.37. The van der Waals surface area contributed by atoms with Crippen LogP contribution in [0.4, 0.5) is 23.2 Å². The van der Waals surface area contributed by atoms with Gasteiger partial charge in [-0.15, -0.1) is 0 Å². The molecule has 0 spiro atoms. The summed E-state index contributed by atoms with van der Waals surface area (Å²) in [5.74, 6) is -0.465. The van der Waals surface area contributed by atoms with Crippen molar-refractivity contribution in [1.29, 1.82) is 0 Å². The van der Waals surface area contributed by atoms with E-state index in [0.29, 0.717) is 36.1 Å². The maximum Gasteiger partial charge on any atom is 0.406 e. The number of carbonyl (C=O) groups excluding carboxylic acids is 1. The fourth-order valence-corrected chi connectivity index (χ4v) is 4.86. The van der Waals surface area contributed by atoms with Crippen molar-refractivity contribution < 1.29 is 26.9 Å². The van der Waals surface area contributed by atoms with Gasteiger partial charge in [-0.25, -0.2) is 4.39 Å². The Morgan fingerprint density at radius 2 is 2.00 bits per heavy atom. The Morgan fingerprint density at radius 3 is 2.71 bits per heavy atom. The topological polar surface area (TPSA) is 106 Å². The van der Waals surface area contributed by atoms with Gasteiger partial charge in [0.25, 0.3) is 5.91 Å². The van der Waals surface area contributed by atoms with Gasteiger partial charge >= 0.3 is 6.18 Å². The van der Waals surface area contributed by atoms with Crippen LogP contribution in [0.1, 0.15) is 43.4 Å². The highest BCUT2D eigenvalue weighted by atomic mass is 19.4. The number of nitrogens with one attached hydrogen (secondary N) is 2. The molecule has 10 nitrogen and oxygen atoms in total. The van der Waals surface area contributed by atoms with Gasteiger partial charge in [0, 0.05) is 30.4 Å². The van der Waals surface area contributed by atoms with E-state index in [1.807, 2.05) is 32.7 Å². The van der Waals surface area contributed by atoms with Crippen LogP contribution < -0.4 is 10.6 Å². The molecule has 220 valence electrons. The minimum atomic E-state index is -4.53. The molecular formula is C27H32F4N8O2. The summed E-state index contributed by atoms with van der Waals surface area (Å²) < 4.78 is 63.6. The number of halogens is 4. The number of fused-ring (bicyclic) bond motifs is 1. The van der Waals surface area contributed by atoms with Gasteiger partial charge in [-0.2, -0.15) is 23.3 Å². The van der Waals surface area contributed by atoms with Gasteiger partial charge in [0.2, 0.25) is 11.7 Å². The molecule has 0 saturated carbocycles. The zero-order valence-corrected chi connectivity index (χ0v) is 23.2. The first kappa shape index (κ1) is 28.6. The normalized spacial score (nSPS) is 18.6. The van der Waals surface area contributed by atoms with Crippen LogP contribution in [0.3, 0.4) is 0 Å². The van der Waals surface area contributed by atoms with E-state index < -0.39 is 30.8 Å². The second-order valence-electron chi connectivity index (χ2n) is 11.3. The molecule has 2 N–H and O–H groups in total. The van der Waals surface area contributed by atoms with Crippen LogP contribution >= 0.6 is 0 Å². The van der Waals surface area contributed by atoms with Crippen molar-refractivity contribution in [1.82, 2.24) is 34.7 Å². The lowest BCUT2D eigenvalue weighted by atomic mass is 10.0.